The minimum absolute atomic E-state index is 0.0199. The van der Waals surface area contributed by atoms with E-state index in [1.54, 1.807) is 19.2 Å². The Morgan fingerprint density at radius 2 is 1.97 bits per heavy atom. The van der Waals surface area contributed by atoms with E-state index in [0.29, 0.717) is 6.54 Å². The number of para-hydroxylation sites is 1. The van der Waals surface area contributed by atoms with Gasteiger partial charge in [-0.2, -0.15) is 5.10 Å². The molecule has 0 saturated carbocycles. The summed E-state index contributed by atoms with van der Waals surface area (Å²) in [6.07, 6.45) is 1.69. The Morgan fingerprint density at radius 1 is 1.23 bits per heavy atom. The SMILES string of the molecule is COc1ccccc1CNC(=O)C(C)N(C)CCCc1cc(-c2ccc(F)cc2)n[nH]1. The van der Waals surface area contributed by atoms with E-state index < -0.39 is 0 Å². The van der Waals surface area contributed by atoms with Crippen molar-refractivity contribution in [3.05, 3.63) is 71.7 Å². The zero-order chi connectivity index (χ0) is 22.2. The molecule has 1 unspecified atom stereocenters. The molecule has 0 spiro atoms. The van der Waals surface area contributed by atoms with Crippen LogP contribution in [-0.4, -0.2) is 47.7 Å². The van der Waals surface area contributed by atoms with Crippen molar-refractivity contribution in [1.29, 1.82) is 0 Å². The predicted molar refractivity (Wildman–Crippen MR) is 119 cm³/mol. The number of aromatic amines is 1. The Balaban J connectivity index is 1.44. The van der Waals surface area contributed by atoms with Crippen molar-refractivity contribution in [3.63, 3.8) is 0 Å². The molecule has 164 valence electrons. The number of halogens is 1. The van der Waals surface area contributed by atoms with Crippen LogP contribution in [0.4, 0.5) is 4.39 Å². The number of hydrogen-bond acceptors (Lipinski definition) is 4. The molecule has 1 amide bonds. The number of aryl methyl sites for hydroxylation is 1. The van der Waals surface area contributed by atoms with Crippen LogP contribution in [0.25, 0.3) is 11.3 Å². The molecule has 0 bridgehead atoms. The van der Waals surface area contributed by atoms with Gasteiger partial charge in [0.15, 0.2) is 0 Å². The number of nitrogens with one attached hydrogen (secondary N) is 2. The maximum atomic E-state index is 13.1. The molecule has 1 atom stereocenters. The molecular weight excluding hydrogens is 395 g/mol. The Kier molecular flexibility index (Phi) is 7.78. The van der Waals surface area contributed by atoms with E-state index in [2.05, 4.69) is 15.5 Å². The molecule has 0 aliphatic heterocycles. The Bertz CT molecular complexity index is 987. The van der Waals surface area contributed by atoms with Crippen LogP contribution in [0.2, 0.25) is 0 Å². The summed E-state index contributed by atoms with van der Waals surface area (Å²) >= 11 is 0. The predicted octanol–water partition coefficient (Wildman–Crippen LogP) is 3.79. The molecule has 6 nitrogen and oxygen atoms in total. The summed E-state index contributed by atoms with van der Waals surface area (Å²) in [6, 6.07) is 15.7. The number of H-pyrrole nitrogens is 1. The average Bonchev–Trinajstić information content (AvgIpc) is 3.26. The van der Waals surface area contributed by atoms with Gasteiger partial charge in [0.25, 0.3) is 0 Å². The monoisotopic (exact) mass is 424 g/mol. The molecule has 7 heteroatoms. The quantitative estimate of drug-likeness (QED) is 0.520. The van der Waals surface area contributed by atoms with Crippen molar-refractivity contribution < 1.29 is 13.9 Å². The van der Waals surface area contributed by atoms with Gasteiger partial charge in [-0.25, -0.2) is 4.39 Å². The summed E-state index contributed by atoms with van der Waals surface area (Å²) in [5, 5.41) is 10.3. The van der Waals surface area contributed by atoms with Gasteiger partial charge in [-0.05, 0) is 69.8 Å². The lowest BCUT2D eigenvalue weighted by Gasteiger charge is -2.24. The molecule has 1 aromatic heterocycles. The number of amides is 1. The normalized spacial score (nSPS) is 12.0. The Morgan fingerprint density at radius 3 is 2.71 bits per heavy atom. The van der Waals surface area contributed by atoms with Crippen LogP contribution in [0, 0.1) is 5.82 Å². The number of likely N-dealkylation sites (N-methyl/N-ethyl adjacent to an activating group) is 1. The van der Waals surface area contributed by atoms with Crippen molar-refractivity contribution in [2.75, 3.05) is 20.7 Å². The fraction of sp³-hybridized carbons (Fsp3) is 0.333. The van der Waals surface area contributed by atoms with Crippen molar-refractivity contribution in [2.24, 2.45) is 0 Å². The summed E-state index contributed by atoms with van der Waals surface area (Å²) in [5.74, 6) is 0.487. The summed E-state index contributed by atoms with van der Waals surface area (Å²) in [5.41, 5.74) is 3.64. The minimum Gasteiger partial charge on any atom is -0.496 e. The van der Waals surface area contributed by atoms with Crippen LogP contribution in [0.1, 0.15) is 24.6 Å². The first-order chi connectivity index (χ1) is 15.0. The Hall–Kier alpha value is -3.19. The van der Waals surface area contributed by atoms with E-state index in [4.69, 9.17) is 4.74 Å². The van der Waals surface area contributed by atoms with E-state index in [0.717, 1.165) is 47.7 Å². The smallest absolute Gasteiger partial charge is 0.237 e. The number of carbonyl (C=O) groups excluding carboxylic acids is 1. The van der Waals surface area contributed by atoms with Crippen LogP contribution in [0.5, 0.6) is 5.75 Å². The largest absolute Gasteiger partial charge is 0.496 e. The van der Waals surface area contributed by atoms with Gasteiger partial charge in [-0.1, -0.05) is 18.2 Å². The van der Waals surface area contributed by atoms with Gasteiger partial charge in [-0.3, -0.25) is 14.8 Å². The zero-order valence-corrected chi connectivity index (χ0v) is 18.2. The van der Waals surface area contributed by atoms with E-state index in [1.165, 1.54) is 12.1 Å². The van der Waals surface area contributed by atoms with Gasteiger partial charge in [-0.15, -0.1) is 0 Å². The fourth-order valence-corrected chi connectivity index (χ4v) is 3.35. The average molecular weight is 425 g/mol. The molecule has 2 N–H and O–H groups in total. The van der Waals surface area contributed by atoms with Crippen molar-refractivity contribution in [3.8, 4) is 17.0 Å². The topological polar surface area (TPSA) is 70.2 Å². The van der Waals surface area contributed by atoms with Gasteiger partial charge in [0, 0.05) is 23.4 Å². The standard InChI is InChI=1S/C24H29FN4O2/c1-17(24(30)26-16-19-7-4-5-9-23(19)31-3)29(2)14-6-8-21-15-22(28-27-21)18-10-12-20(25)13-11-18/h4-5,7,9-13,15,17H,6,8,14,16H2,1-3H3,(H,26,30)(H,27,28). The van der Waals surface area contributed by atoms with Crippen LogP contribution >= 0.6 is 0 Å². The number of benzene rings is 2. The molecule has 0 aliphatic rings. The third-order valence-electron chi connectivity index (χ3n) is 5.41. The number of hydrogen-bond donors (Lipinski definition) is 2. The lowest BCUT2D eigenvalue weighted by Crippen LogP contribution is -2.43. The molecule has 1 heterocycles. The van der Waals surface area contributed by atoms with Crippen LogP contribution in [-0.2, 0) is 17.8 Å². The highest BCUT2D eigenvalue weighted by atomic mass is 19.1. The van der Waals surface area contributed by atoms with Gasteiger partial charge in [0.05, 0.1) is 18.8 Å². The van der Waals surface area contributed by atoms with Crippen molar-refractivity contribution >= 4 is 5.91 Å². The number of aromatic nitrogens is 2. The van der Waals surface area contributed by atoms with Gasteiger partial charge in [0.2, 0.25) is 5.91 Å². The zero-order valence-electron chi connectivity index (χ0n) is 18.2. The summed E-state index contributed by atoms with van der Waals surface area (Å²) < 4.78 is 18.4. The highest BCUT2D eigenvalue weighted by Crippen LogP contribution is 2.19. The van der Waals surface area contributed by atoms with E-state index in [-0.39, 0.29) is 17.8 Å². The Labute approximate surface area is 182 Å². The summed E-state index contributed by atoms with van der Waals surface area (Å²) in [4.78, 5) is 14.6. The minimum atomic E-state index is -0.261. The van der Waals surface area contributed by atoms with Gasteiger partial charge in [0.1, 0.15) is 11.6 Å². The highest BCUT2D eigenvalue weighted by Gasteiger charge is 2.18. The summed E-state index contributed by atoms with van der Waals surface area (Å²) in [6.45, 7) is 3.11. The molecule has 0 saturated heterocycles. The van der Waals surface area contributed by atoms with E-state index in [1.807, 2.05) is 49.2 Å². The second kappa shape index (κ2) is 10.7. The number of carbonyl (C=O) groups is 1. The molecule has 3 aromatic rings. The third-order valence-corrected chi connectivity index (χ3v) is 5.41. The van der Waals surface area contributed by atoms with Gasteiger partial charge >= 0.3 is 0 Å². The molecule has 0 fully saturated rings. The van der Waals surface area contributed by atoms with Gasteiger partial charge < -0.3 is 10.1 Å². The lowest BCUT2D eigenvalue weighted by molar-refractivity contribution is -0.125. The molecule has 2 aromatic carbocycles. The third kappa shape index (κ3) is 6.15. The van der Waals surface area contributed by atoms with Crippen molar-refractivity contribution in [2.45, 2.75) is 32.4 Å². The molecule has 3 rings (SSSR count). The van der Waals surface area contributed by atoms with Crippen LogP contribution < -0.4 is 10.1 Å². The van der Waals surface area contributed by atoms with Crippen LogP contribution in [0.3, 0.4) is 0 Å². The van der Waals surface area contributed by atoms with E-state index >= 15 is 0 Å². The fourth-order valence-electron chi connectivity index (χ4n) is 3.35. The summed E-state index contributed by atoms with van der Waals surface area (Å²) in [7, 11) is 3.57. The first kappa shape index (κ1) is 22.5. The first-order valence-electron chi connectivity index (χ1n) is 10.4. The maximum absolute atomic E-state index is 13.1. The second-order valence-electron chi connectivity index (χ2n) is 7.58. The highest BCUT2D eigenvalue weighted by molar-refractivity contribution is 5.81. The molecule has 0 aliphatic carbocycles. The second-order valence-corrected chi connectivity index (χ2v) is 7.58. The van der Waals surface area contributed by atoms with Crippen molar-refractivity contribution in [1.82, 2.24) is 20.4 Å². The first-order valence-corrected chi connectivity index (χ1v) is 10.4. The maximum Gasteiger partial charge on any atom is 0.237 e. The number of ether oxygens (including phenoxy) is 1. The molecule has 0 radical (unpaired) electrons. The lowest BCUT2D eigenvalue weighted by atomic mass is 10.1. The number of nitrogens with zero attached hydrogens (tertiary/aromatic N) is 2. The van der Waals surface area contributed by atoms with Crippen LogP contribution in [0.15, 0.2) is 54.6 Å². The number of rotatable bonds is 10. The molecule has 31 heavy (non-hydrogen) atoms. The molecular formula is C24H29FN4O2. The van der Waals surface area contributed by atoms with E-state index in [9.17, 15) is 9.18 Å². The number of methoxy groups -OCH3 is 1.